The number of carbonyl (C=O) groups excluding carboxylic acids is 2. The average molecular weight is 941 g/mol. The number of hydrogen-bond donors (Lipinski definition) is 4. The highest BCUT2D eigenvalue weighted by Gasteiger charge is 2.38. The Hall–Kier alpha value is -6.55. The number of ether oxygens (including phenoxy) is 3. The Morgan fingerprint density at radius 2 is 1.53 bits per heavy atom. The maximum atomic E-state index is 13.9. The van der Waals surface area contributed by atoms with E-state index in [1.54, 1.807) is 78.5 Å². The van der Waals surface area contributed by atoms with E-state index in [0.29, 0.717) is 72.0 Å². The molecule has 0 aliphatic carbocycles. The molecule has 2 aromatic carbocycles. The number of hydrogen-bond acceptors (Lipinski definition) is 15. The zero-order valence-electron chi connectivity index (χ0n) is 36.8. The predicted molar refractivity (Wildman–Crippen MR) is 237 cm³/mol. The Morgan fingerprint density at radius 3 is 2.24 bits per heavy atom. The molecule has 4 aromatic heterocycles. The highest BCUT2D eigenvalue weighted by Crippen LogP contribution is 2.33. The van der Waals surface area contributed by atoms with Crippen molar-refractivity contribution in [3.63, 3.8) is 0 Å². The van der Waals surface area contributed by atoms with E-state index in [1.165, 1.54) is 0 Å². The van der Waals surface area contributed by atoms with Crippen molar-refractivity contribution in [1.29, 1.82) is 0 Å². The van der Waals surface area contributed by atoms with Gasteiger partial charge in [-0.25, -0.2) is 9.97 Å². The van der Waals surface area contributed by atoms with E-state index >= 15 is 0 Å². The fourth-order valence-corrected chi connectivity index (χ4v) is 8.25. The largest absolute Gasteiger partial charge is 0.490 e. The number of halogens is 3. The van der Waals surface area contributed by atoms with Gasteiger partial charge in [-0.2, -0.15) is 13.2 Å². The first kappa shape index (κ1) is 47.9. The average Bonchev–Trinajstić information content (AvgIpc) is 4.17. The van der Waals surface area contributed by atoms with Crippen LogP contribution in [0, 0.1) is 5.92 Å². The fourth-order valence-electron chi connectivity index (χ4n) is 8.25. The van der Waals surface area contributed by atoms with Crippen LogP contribution in [0.2, 0.25) is 0 Å². The smallest absolute Gasteiger partial charge is 0.405 e. The quantitative estimate of drug-likeness (QED) is 0.108. The van der Waals surface area contributed by atoms with Gasteiger partial charge < -0.3 is 43.9 Å². The fraction of sp³-hybridized carbons (Fsp3) is 0.375. The molecule has 3 aliphatic heterocycles. The monoisotopic (exact) mass is 940 g/mol. The normalized spacial score (nSPS) is 19.8. The van der Waals surface area contributed by atoms with Crippen molar-refractivity contribution in [1.82, 2.24) is 40.4 Å². The molecule has 0 spiro atoms. The molecule has 2 fully saturated rings. The van der Waals surface area contributed by atoms with E-state index in [1.807, 2.05) is 52.7 Å². The van der Waals surface area contributed by atoms with Gasteiger partial charge in [-0.15, -0.1) is 0 Å². The number of furan rings is 2. The zero-order valence-corrected chi connectivity index (χ0v) is 36.8. The lowest BCUT2D eigenvalue weighted by molar-refractivity contribution is -0.143. The number of nitrogens with one attached hydrogen (secondary N) is 2. The molecule has 2 saturated heterocycles. The standard InChI is InChI=1S/C37H41F3N6O6.C11H10N2O3/c38-37(39,40)23-43-36(50)30-21-45(20-27-10-11-33(52-27)29-18-41-12-13-42-29)14-15-46(30)19-26(47)17-25(16-24-6-2-1-3-7-24)35(49)44-34-28-8-4-5-9-32(28)51-22-31(34)48;1-2-10(11-14-5-6-15-11)16-9(1)8-7-12-3-4-13-8/h1-13,18,25-26,30-31,34,47-48H,14-17,19-23H2,(H,43,50)(H,44,49);1-4,7,11H,5-6H2/t25-,26+,30+,31-,34+;/m1./s1. The molecule has 358 valence electrons. The Kier molecular flexibility index (Phi) is 15.9. The summed E-state index contributed by atoms with van der Waals surface area (Å²) < 4.78 is 67.2. The number of piperazine rings is 1. The van der Waals surface area contributed by atoms with Gasteiger partial charge in [0.05, 0.1) is 44.3 Å². The molecule has 4 N–H and O–H groups in total. The van der Waals surface area contributed by atoms with Crippen molar-refractivity contribution < 1.29 is 56.0 Å². The molecule has 0 radical (unpaired) electrons. The Balaban J connectivity index is 0.000000326. The van der Waals surface area contributed by atoms with Gasteiger partial charge in [0.2, 0.25) is 18.1 Å². The molecule has 5 atom stereocenters. The third-order valence-corrected chi connectivity index (χ3v) is 11.5. The number of aliphatic hydroxyl groups is 2. The van der Waals surface area contributed by atoms with E-state index in [-0.39, 0.29) is 51.3 Å². The summed E-state index contributed by atoms with van der Waals surface area (Å²) in [6.07, 6.45) is 2.74. The highest BCUT2D eigenvalue weighted by molar-refractivity contribution is 5.82. The summed E-state index contributed by atoms with van der Waals surface area (Å²) >= 11 is 0. The number of aliphatic hydroxyl groups excluding tert-OH is 2. The molecule has 6 aromatic rings. The number of para-hydroxylation sites is 1. The molecular weight excluding hydrogens is 890 g/mol. The summed E-state index contributed by atoms with van der Waals surface area (Å²) in [7, 11) is 0. The van der Waals surface area contributed by atoms with Crippen molar-refractivity contribution in [2.75, 3.05) is 52.5 Å². The molecule has 68 heavy (non-hydrogen) atoms. The van der Waals surface area contributed by atoms with Crippen LogP contribution in [0.1, 0.15) is 41.4 Å². The molecule has 9 rings (SSSR count). The van der Waals surface area contributed by atoms with Crippen LogP contribution in [0.4, 0.5) is 13.2 Å². The van der Waals surface area contributed by atoms with Crippen LogP contribution in [0.15, 0.2) is 125 Å². The summed E-state index contributed by atoms with van der Waals surface area (Å²) in [6, 6.07) is 21.9. The van der Waals surface area contributed by atoms with Crippen molar-refractivity contribution in [2.24, 2.45) is 5.92 Å². The lowest BCUT2D eigenvalue weighted by atomic mass is 9.90. The summed E-state index contributed by atoms with van der Waals surface area (Å²) in [5, 5.41) is 27.2. The second-order valence-electron chi connectivity index (χ2n) is 16.5. The van der Waals surface area contributed by atoms with Gasteiger partial charge in [-0.3, -0.25) is 29.4 Å². The lowest BCUT2D eigenvalue weighted by Gasteiger charge is -2.41. The van der Waals surface area contributed by atoms with Crippen molar-refractivity contribution in [3.8, 4) is 28.7 Å². The van der Waals surface area contributed by atoms with Gasteiger partial charge in [-0.05, 0) is 48.7 Å². The molecular formula is C48H51F3N8O9. The summed E-state index contributed by atoms with van der Waals surface area (Å²) in [6.45, 7) is 0.728. The van der Waals surface area contributed by atoms with Gasteiger partial charge in [-0.1, -0.05) is 48.5 Å². The van der Waals surface area contributed by atoms with Crippen LogP contribution in [-0.2, 0) is 32.0 Å². The number of fused-ring (bicyclic) bond motifs is 1. The molecule has 2 amide bonds. The molecule has 0 saturated carbocycles. The summed E-state index contributed by atoms with van der Waals surface area (Å²) in [5.41, 5.74) is 2.75. The maximum Gasteiger partial charge on any atom is 0.405 e. The zero-order chi connectivity index (χ0) is 47.5. The number of nitrogens with zero attached hydrogens (tertiary/aromatic N) is 6. The van der Waals surface area contributed by atoms with Crippen LogP contribution in [-0.4, -0.2) is 129 Å². The molecule has 17 nitrogen and oxygen atoms in total. The number of β-amino-alcohol motifs (C(OH)–C–C–N with tert-alkyl or cyclic N) is 1. The van der Waals surface area contributed by atoms with Gasteiger partial charge in [0.25, 0.3) is 0 Å². The number of amides is 2. The van der Waals surface area contributed by atoms with Crippen LogP contribution >= 0.6 is 0 Å². The number of benzene rings is 2. The summed E-state index contributed by atoms with van der Waals surface area (Å²) in [5.74, 6) is 1.04. The predicted octanol–water partition coefficient (Wildman–Crippen LogP) is 4.90. The Labute approximate surface area is 389 Å². The second-order valence-corrected chi connectivity index (χ2v) is 16.5. The van der Waals surface area contributed by atoms with Gasteiger partial charge in [0, 0.05) is 62.4 Å². The first-order valence-electron chi connectivity index (χ1n) is 22.1. The summed E-state index contributed by atoms with van der Waals surface area (Å²) in [4.78, 5) is 47.1. The number of rotatable bonds is 15. The highest BCUT2D eigenvalue weighted by atomic mass is 19.4. The lowest BCUT2D eigenvalue weighted by Crippen LogP contribution is -2.60. The van der Waals surface area contributed by atoms with E-state index in [4.69, 9.17) is 23.0 Å². The van der Waals surface area contributed by atoms with Crippen LogP contribution < -0.4 is 15.4 Å². The Bertz CT molecular complexity index is 2530. The van der Waals surface area contributed by atoms with Crippen LogP contribution in [0.25, 0.3) is 22.9 Å². The maximum absolute atomic E-state index is 13.9. The number of carbonyl (C=O) groups is 2. The Morgan fingerprint density at radius 1 is 0.838 bits per heavy atom. The SMILES string of the molecule is O=C(N[C@H]1c2ccccc2OC[C@H]1O)[C@H](Cc1ccccc1)C[C@H](O)CN1CCN(Cc2ccc(-c3cnccn3)o2)C[C@H]1C(=O)NCC(F)(F)F.c1cnc(-c2ccc(C3OCCO3)o2)cn1. The first-order chi connectivity index (χ1) is 33.0. The van der Waals surface area contributed by atoms with Crippen molar-refractivity contribution in [3.05, 3.63) is 139 Å². The first-order valence-corrected chi connectivity index (χ1v) is 22.1. The van der Waals surface area contributed by atoms with Gasteiger partial charge in [0.1, 0.15) is 48.2 Å². The minimum atomic E-state index is -4.60. The van der Waals surface area contributed by atoms with E-state index in [2.05, 4.69) is 25.3 Å². The van der Waals surface area contributed by atoms with E-state index in [0.717, 1.165) is 5.56 Å². The second kappa shape index (κ2) is 22.5. The molecule has 3 aliphatic rings. The number of alkyl halides is 3. The minimum Gasteiger partial charge on any atom is -0.490 e. The molecule has 0 unspecified atom stereocenters. The van der Waals surface area contributed by atoms with Gasteiger partial charge in [0.15, 0.2) is 17.3 Å². The third kappa shape index (κ3) is 12.9. The van der Waals surface area contributed by atoms with Crippen LogP contribution in [0.3, 0.4) is 0 Å². The topological polar surface area (TPSA) is 211 Å². The van der Waals surface area contributed by atoms with E-state index in [9.17, 15) is 33.0 Å². The molecule has 7 heterocycles. The van der Waals surface area contributed by atoms with Crippen LogP contribution in [0.5, 0.6) is 5.75 Å². The molecule has 20 heteroatoms. The van der Waals surface area contributed by atoms with E-state index < -0.39 is 48.8 Å². The molecule has 0 bridgehead atoms. The minimum absolute atomic E-state index is 0.000500. The number of aromatic nitrogens is 4. The third-order valence-electron chi connectivity index (χ3n) is 11.5. The van der Waals surface area contributed by atoms with Crippen molar-refractivity contribution >= 4 is 11.8 Å². The van der Waals surface area contributed by atoms with Crippen molar-refractivity contribution in [2.45, 2.75) is 56.1 Å². The van der Waals surface area contributed by atoms with Gasteiger partial charge >= 0.3 is 6.18 Å².